The van der Waals surface area contributed by atoms with Gasteiger partial charge in [-0.3, -0.25) is 4.79 Å². The van der Waals surface area contributed by atoms with Crippen LogP contribution in [0.5, 0.6) is 0 Å². The smallest absolute Gasteiger partial charge is 0.274 e. The lowest BCUT2D eigenvalue weighted by Gasteiger charge is -2.23. The third-order valence-corrected chi connectivity index (χ3v) is 5.45. The Hall–Kier alpha value is -2.74. The van der Waals surface area contributed by atoms with Gasteiger partial charge in [0.05, 0.1) is 28.8 Å². The average Bonchev–Trinajstić information content (AvgIpc) is 3.29. The molecule has 0 saturated carbocycles. The first-order valence-corrected chi connectivity index (χ1v) is 9.92. The number of aromatic nitrogens is 5. The van der Waals surface area contributed by atoms with E-state index < -0.39 is 0 Å². The van der Waals surface area contributed by atoms with Gasteiger partial charge in [0.2, 0.25) is 0 Å². The van der Waals surface area contributed by atoms with Gasteiger partial charge in [-0.2, -0.15) is 0 Å². The lowest BCUT2D eigenvalue weighted by Crippen LogP contribution is -2.33. The van der Waals surface area contributed by atoms with Crippen LogP contribution in [0.15, 0.2) is 24.3 Å². The summed E-state index contributed by atoms with van der Waals surface area (Å²) in [5.41, 5.74) is 3.06. The van der Waals surface area contributed by atoms with Gasteiger partial charge in [0.1, 0.15) is 5.82 Å². The van der Waals surface area contributed by atoms with Crippen LogP contribution in [0.4, 0.5) is 0 Å². The van der Waals surface area contributed by atoms with E-state index in [4.69, 9.17) is 0 Å². The van der Waals surface area contributed by atoms with Gasteiger partial charge in [-0.15, -0.1) is 5.10 Å². The number of imidazole rings is 1. The number of rotatable bonds is 5. The fourth-order valence-electron chi connectivity index (χ4n) is 3.83. The minimum Gasteiger partial charge on any atom is -0.340 e. The molecule has 3 N–H and O–H groups in total. The maximum atomic E-state index is 13.0. The lowest BCUT2D eigenvalue weighted by molar-refractivity contribution is 0.0917. The maximum Gasteiger partial charge on any atom is 0.274 e. The van der Waals surface area contributed by atoms with Crippen molar-refractivity contribution in [3.8, 4) is 0 Å². The number of carbonyl (C=O) groups is 1. The second-order valence-electron chi connectivity index (χ2n) is 7.78. The highest BCUT2D eigenvalue weighted by molar-refractivity contribution is 5.93. The second kappa shape index (κ2) is 7.71. The summed E-state index contributed by atoms with van der Waals surface area (Å²) in [4.78, 5) is 21.0. The molecule has 1 unspecified atom stereocenters. The summed E-state index contributed by atoms with van der Waals surface area (Å²) in [6.45, 7) is 7.98. The average molecular weight is 381 g/mol. The first-order valence-electron chi connectivity index (χ1n) is 9.92. The molecule has 1 atom stereocenters. The number of carbonyl (C=O) groups excluding carboxylic acids is 1. The largest absolute Gasteiger partial charge is 0.340 e. The van der Waals surface area contributed by atoms with Gasteiger partial charge in [-0.1, -0.05) is 31.2 Å². The molecular weight excluding hydrogens is 354 g/mol. The van der Waals surface area contributed by atoms with E-state index in [9.17, 15) is 4.79 Å². The van der Waals surface area contributed by atoms with Crippen LogP contribution in [-0.2, 0) is 0 Å². The topological polar surface area (TPSA) is 101 Å². The highest BCUT2D eigenvalue weighted by atomic mass is 16.2. The second-order valence-corrected chi connectivity index (χ2v) is 7.78. The summed E-state index contributed by atoms with van der Waals surface area (Å²) >= 11 is 0. The van der Waals surface area contributed by atoms with Crippen LogP contribution in [0.25, 0.3) is 11.0 Å². The van der Waals surface area contributed by atoms with Crippen LogP contribution in [0.1, 0.15) is 60.8 Å². The van der Waals surface area contributed by atoms with E-state index in [0.717, 1.165) is 48.5 Å². The predicted octanol–water partition coefficient (Wildman–Crippen LogP) is 2.51. The zero-order chi connectivity index (χ0) is 19.7. The number of nitrogens with zero attached hydrogens (tertiary/aromatic N) is 4. The summed E-state index contributed by atoms with van der Waals surface area (Å²) in [7, 11) is 0. The number of nitrogens with one attached hydrogen (secondary N) is 3. The molecule has 8 heteroatoms. The van der Waals surface area contributed by atoms with Gasteiger partial charge in [0, 0.05) is 0 Å². The van der Waals surface area contributed by atoms with Gasteiger partial charge < -0.3 is 15.6 Å². The van der Waals surface area contributed by atoms with E-state index in [1.807, 2.05) is 35.9 Å². The van der Waals surface area contributed by atoms with Crippen LogP contribution in [0.3, 0.4) is 0 Å². The van der Waals surface area contributed by atoms with Crippen molar-refractivity contribution >= 4 is 16.9 Å². The highest BCUT2D eigenvalue weighted by Gasteiger charge is 2.27. The zero-order valence-electron chi connectivity index (χ0n) is 16.6. The molecule has 0 radical (unpaired) electrons. The van der Waals surface area contributed by atoms with Crippen molar-refractivity contribution in [2.75, 3.05) is 13.1 Å². The number of amides is 1. The molecule has 2 aromatic heterocycles. The van der Waals surface area contributed by atoms with Gasteiger partial charge in [0.15, 0.2) is 5.69 Å². The van der Waals surface area contributed by atoms with E-state index >= 15 is 0 Å². The van der Waals surface area contributed by atoms with Crippen LogP contribution < -0.4 is 10.6 Å². The number of hydrogen-bond donors (Lipinski definition) is 3. The molecular formula is C20H27N7O. The summed E-state index contributed by atoms with van der Waals surface area (Å²) in [6, 6.07) is 7.94. The Balaban J connectivity index is 1.56. The van der Waals surface area contributed by atoms with E-state index in [-0.39, 0.29) is 17.9 Å². The molecule has 1 saturated heterocycles. The van der Waals surface area contributed by atoms with E-state index in [0.29, 0.717) is 11.7 Å². The van der Waals surface area contributed by atoms with Crippen molar-refractivity contribution in [2.24, 2.45) is 5.92 Å². The Labute approximate surface area is 164 Å². The summed E-state index contributed by atoms with van der Waals surface area (Å²) in [6.07, 6.45) is 2.00. The monoisotopic (exact) mass is 381 g/mol. The molecule has 28 heavy (non-hydrogen) atoms. The Morgan fingerprint density at radius 3 is 2.71 bits per heavy atom. The van der Waals surface area contributed by atoms with Gasteiger partial charge >= 0.3 is 0 Å². The number of H-pyrrole nitrogens is 1. The van der Waals surface area contributed by atoms with Gasteiger partial charge in [0.25, 0.3) is 5.91 Å². The molecule has 0 aliphatic carbocycles. The Bertz CT molecular complexity index is 935. The molecule has 0 bridgehead atoms. The molecule has 1 aliphatic rings. The van der Waals surface area contributed by atoms with Crippen LogP contribution >= 0.6 is 0 Å². The lowest BCUT2D eigenvalue weighted by atomic mass is 10.0. The number of hydrogen-bond acceptors (Lipinski definition) is 5. The van der Waals surface area contributed by atoms with Crippen LogP contribution in [0, 0.1) is 12.8 Å². The molecule has 1 aromatic carbocycles. The molecule has 3 heterocycles. The Kier molecular flexibility index (Phi) is 5.13. The van der Waals surface area contributed by atoms with Crippen molar-refractivity contribution in [3.05, 3.63) is 41.5 Å². The Morgan fingerprint density at radius 1 is 1.25 bits per heavy atom. The van der Waals surface area contributed by atoms with Crippen LogP contribution in [-0.4, -0.2) is 44.0 Å². The van der Waals surface area contributed by atoms with Crippen LogP contribution in [0.2, 0.25) is 0 Å². The minimum absolute atomic E-state index is 0.171. The molecule has 1 amide bonds. The fourth-order valence-corrected chi connectivity index (χ4v) is 3.83. The molecule has 0 spiro atoms. The van der Waals surface area contributed by atoms with E-state index in [2.05, 4.69) is 44.8 Å². The Morgan fingerprint density at radius 2 is 2.00 bits per heavy atom. The van der Waals surface area contributed by atoms with Crippen molar-refractivity contribution in [1.29, 1.82) is 0 Å². The molecule has 4 rings (SSSR count). The number of benzene rings is 1. The van der Waals surface area contributed by atoms with Crippen molar-refractivity contribution < 1.29 is 4.79 Å². The van der Waals surface area contributed by atoms with Gasteiger partial charge in [-0.25, -0.2) is 9.67 Å². The van der Waals surface area contributed by atoms with E-state index in [1.54, 1.807) is 0 Å². The first kappa shape index (κ1) is 18.6. The normalized spacial score (nSPS) is 16.6. The number of para-hydroxylation sites is 2. The number of fused-ring (bicyclic) bond motifs is 1. The number of aromatic amines is 1. The van der Waals surface area contributed by atoms with Crippen molar-refractivity contribution in [2.45, 2.75) is 45.7 Å². The third kappa shape index (κ3) is 3.52. The maximum absolute atomic E-state index is 13.0. The fraction of sp³-hybridized carbons (Fsp3) is 0.500. The minimum atomic E-state index is -0.233. The molecule has 8 nitrogen and oxygen atoms in total. The van der Waals surface area contributed by atoms with E-state index in [1.165, 1.54) is 0 Å². The molecule has 1 aliphatic heterocycles. The summed E-state index contributed by atoms with van der Waals surface area (Å²) < 4.78 is 1.90. The summed E-state index contributed by atoms with van der Waals surface area (Å²) in [5, 5.41) is 14.9. The van der Waals surface area contributed by atoms with Crippen molar-refractivity contribution in [3.63, 3.8) is 0 Å². The SMILES string of the molecule is Cc1c(C(=O)NC(c2nc3ccccc3[nH]2)C(C)C)nnn1C1CCNCC1. The quantitative estimate of drug-likeness (QED) is 0.630. The molecule has 148 valence electrons. The molecule has 3 aromatic rings. The molecule has 1 fully saturated rings. The van der Waals surface area contributed by atoms with Gasteiger partial charge in [-0.05, 0) is 50.9 Å². The zero-order valence-corrected chi connectivity index (χ0v) is 16.6. The predicted molar refractivity (Wildman–Crippen MR) is 107 cm³/mol. The standard InChI is InChI=1S/C20H27N7O/c1-12(2)17(19-22-15-6-4-5-7-16(15)23-19)24-20(28)18-13(3)27(26-25-18)14-8-10-21-11-9-14/h4-7,12,14,17,21H,8-11H2,1-3H3,(H,22,23)(H,24,28). The highest BCUT2D eigenvalue weighted by Crippen LogP contribution is 2.24. The summed E-state index contributed by atoms with van der Waals surface area (Å²) in [5.74, 6) is 0.717. The third-order valence-electron chi connectivity index (χ3n) is 5.45. The first-order chi connectivity index (χ1) is 13.5. The number of piperidine rings is 1. The van der Waals surface area contributed by atoms with Crippen molar-refractivity contribution in [1.82, 2.24) is 35.6 Å².